The maximum absolute atomic E-state index is 11.8. The second-order valence-corrected chi connectivity index (χ2v) is 13.8. The van der Waals surface area contributed by atoms with E-state index in [-0.39, 0.29) is 12.1 Å². The Morgan fingerprint density at radius 1 is 1.00 bits per heavy atom. The van der Waals surface area contributed by atoms with E-state index in [1.807, 2.05) is 0 Å². The Balaban J connectivity index is 1.31. The van der Waals surface area contributed by atoms with Crippen molar-refractivity contribution in [1.29, 1.82) is 0 Å². The number of nitrogens with two attached hydrogens (primary N) is 1. The smallest absolute Gasteiger partial charge is 0.305 e. The molecule has 10 atom stereocenters. The van der Waals surface area contributed by atoms with Gasteiger partial charge in [0.15, 0.2) is 0 Å². The molecule has 0 aromatic carbocycles. The predicted molar refractivity (Wildman–Crippen MR) is 153 cm³/mol. The summed E-state index contributed by atoms with van der Waals surface area (Å²) >= 11 is 0. The van der Waals surface area contributed by atoms with Crippen LogP contribution in [0, 0.1) is 46.3 Å². The molecule has 4 aliphatic rings. The van der Waals surface area contributed by atoms with Crippen LogP contribution in [0.3, 0.4) is 0 Å². The quantitative estimate of drug-likeness (QED) is 0.139. The minimum atomic E-state index is -0.158. The Bertz CT molecular complexity index is 767. The van der Waals surface area contributed by atoms with E-state index in [4.69, 9.17) is 10.5 Å². The SMILES string of the molecule is COC(=O)CC[C@@H](C)[C@H]1CCC2C3C(CC[C@@]21C)[C@@]1(C)CC[C@H](NCCNCCCNCN)CC1C[C@@H]3O. The van der Waals surface area contributed by atoms with Gasteiger partial charge in [-0.2, -0.15) is 0 Å². The van der Waals surface area contributed by atoms with Gasteiger partial charge in [0.1, 0.15) is 0 Å². The van der Waals surface area contributed by atoms with Gasteiger partial charge in [-0.1, -0.05) is 20.8 Å². The Labute approximate surface area is 232 Å². The first-order valence-electron chi connectivity index (χ1n) is 15.8. The van der Waals surface area contributed by atoms with Gasteiger partial charge in [-0.25, -0.2) is 0 Å². The van der Waals surface area contributed by atoms with Crippen molar-refractivity contribution < 1.29 is 14.6 Å². The van der Waals surface area contributed by atoms with E-state index in [0.717, 1.165) is 45.4 Å². The normalized spacial score (nSPS) is 41.2. The van der Waals surface area contributed by atoms with Gasteiger partial charge < -0.3 is 31.5 Å². The summed E-state index contributed by atoms with van der Waals surface area (Å²) in [7, 11) is 1.49. The third-order valence-electron chi connectivity index (χ3n) is 12.1. The number of fused-ring (bicyclic) bond motifs is 5. The van der Waals surface area contributed by atoms with Crippen LogP contribution >= 0.6 is 0 Å². The zero-order valence-electron chi connectivity index (χ0n) is 24.8. The maximum Gasteiger partial charge on any atom is 0.305 e. The second-order valence-electron chi connectivity index (χ2n) is 13.8. The molecule has 4 fully saturated rings. The summed E-state index contributed by atoms with van der Waals surface area (Å²) in [5.74, 6) is 3.46. The first-order valence-corrected chi connectivity index (χ1v) is 15.8. The van der Waals surface area contributed by atoms with Gasteiger partial charge in [0.2, 0.25) is 0 Å². The molecule has 0 radical (unpaired) electrons. The van der Waals surface area contributed by atoms with Crippen molar-refractivity contribution in [3.63, 3.8) is 0 Å². The highest BCUT2D eigenvalue weighted by Crippen LogP contribution is 2.68. The summed E-state index contributed by atoms with van der Waals surface area (Å²) in [5.41, 5.74) is 6.14. The number of methoxy groups -OCH3 is 1. The minimum absolute atomic E-state index is 0.0841. The van der Waals surface area contributed by atoms with Crippen LogP contribution < -0.4 is 21.7 Å². The lowest BCUT2D eigenvalue weighted by Crippen LogP contribution is -2.59. The molecule has 0 aliphatic heterocycles. The average Bonchev–Trinajstić information content (AvgIpc) is 3.26. The molecular formula is C31H58N4O3. The molecule has 4 saturated carbocycles. The number of rotatable bonds is 13. The number of ether oxygens (including phenoxy) is 1. The van der Waals surface area contributed by atoms with Crippen LogP contribution in [0.1, 0.15) is 91.4 Å². The van der Waals surface area contributed by atoms with Gasteiger partial charge >= 0.3 is 5.97 Å². The summed E-state index contributed by atoms with van der Waals surface area (Å²) in [6.07, 6.45) is 12.2. The van der Waals surface area contributed by atoms with Gasteiger partial charge in [0, 0.05) is 32.2 Å². The molecule has 0 aromatic heterocycles. The molecule has 7 heteroatoms. The number of hydrogen-bond acceptors (Lipinski definition) is 7. The van der Waals surface area contributed by atoms with Gasteiger partial charge in [-0.15, -0.1) is 0 Å². The van der Waals surface area contributed by atoms with Crippen LogP contribution in [-0.2, 0) is 9.53 Å². The number of carbonyl (C=O) groups is 1. The van der Waals surface area contributed by atoms with Gasteiger partial charge in [0.05, 0.1) is 13.2 Å². The number of carbonyl (C=O) groups excluding carboxylic acids is 1. The summed E-state index contributed by atoms with van der Waals surface area (Å²) in [4.78, 5) is 11.8. The first kappa shape index (κ1) is 30.2. The van der Waals surface area contributed by atoms with Crippen molar-refractivity contribution in [2.45, 2.75) is 104 Å². The fourth-order valence-electron chi connectivity index (χ4n) is 9.96. The van der Waals surface area contributed by atoms with Crippen molar-refractivity contribution >= 4 is 5.97 Å². The summed E-state index contributed by atoms with van der Waals surface area (Å²) in [6.45, 7) is 12.0. The fraction of sp³-hybridized carbons (Fsp3) is 0.968. The lowest BCUT2D eigenvalue weighted by atomic mass is 9.43. The van der Waals surface area contributed by atoms with Crippen molar-refractivity contribution in [1.82, 2.24) is 16.0 Å². The zero-order chi connectivity index (χ0) is 27.3. The van der Waals surface area contributed by atoms with Crippen molar-refractivity contribution in [3.8, 4) is 0 Å². The van der Waals surface area contributed by atoms with Gasteiger partial charge in [0.25, 0.3) is 0 Å². The van der Waals surface area contributed by atoms with E-state index < -0.39 is 0 Å². The Hall–Kier alpha value is -0.730. The van der Waals surface area contributed by atoms with Crippen LogP contribution in [0.4, 0.5) is 0 Å². The third-order valence-corrected chi connectivity index (χ3v) is 12.1. The molecule has 0 aromatic rings. The molecule has 220 valence electrons. The second kappa shape index (κ2) is 13.3. The van der Waals surface area contributed by atoms with Gasteiger partial charge in [-0.3, -0.25) is 4.79 Å². The van der Waals surface area contributed by atoms with E-state index in [1.165, 1.54) is 52.1 Å². The highest BCUT2D eigenvalue weighted by molar-refractivity contribution is 5.69. The Morgan fingerprint density at radius 3 is 2.50 bits per heavy atom. The van der Waals surface area contributed by atoms with Crippen LogP contribution in [0.5, 0.6) is 0 Å². The molecule has 7 nitrogen and oxygen atoms in total. The lowest BCUT2D eigenvalue weighted by Gasteiger charge is -2.62. The topological polar surface area (TPSA) is 109 Å². The highest BCUT2D eigenvalue weighted by Gasteiger charge is 2.62. The van der Waals surface area contributed by atoms with E-state index in [0.29, 0.717) is 65.5 Å². The Morgan fingerprint density at radius 2 is 1.74 bits per heavy atom. The first-order chi connectivity index (χ1) is 18.2. The molecule has 0 spiro atoms. The standard InChI is InChI=1S/C31H58N4O3/c1-21(6-9-28(37)38-4)24-7-8-25-29-26(11-13-31(24,25)3)30(2)12-10-23(18-22(30)19-27(29)36)35-17-16-33-14-5-15-34-20-32/h21-27,29,33-36H,5-20,32H2,1-4H3/t21-,22?,23+,24-,25?,26?,27+,29?,30+,31-/m1/s1. The van der Waals surface area contributed by atoms with Crippen molar-refractivity contribution in [3.05, 3.63) is 0 Å². The summed E-state index contributed by atoms with van der Waals surface area (Å²) in [5, 5.41) is 22.2. The monoisotopic (exact) mass is 534 g/mol. The Kier molecular flexibility index (Phi) is 10.6. The number of aliphatic hydroxyl groups is 1. The van der Waals surface area contributed by atoms with E-state index in [1.54, 1.807) is 0 Å². The minimum Gasteiger partial charge on any atom is -0.469 e. The molecule has 4 unspecified atom stereocenters. The largest absolute Gasteiger partial charge is 0.469 e. The zero-order valence-corrected chi connectivity index (χ0v) is 24.8. The number of esters is 1. The van der Waals surface area contributed by atoms with E-state index >= 15 is 0 Å². The molecule has 38 heavy (non-hydrogen) atoms. The van der Waals surface area contributed by atoms with E-state index in [9.17, 15) is 9.90 Å². The number of nitrogens with one attached hydrogen (secondary N) is 3. The van der Waals surface area contributed by atoms with Crippen molar-refractivity contribution in [2.24, 2.45) is 52.1 Å². The molecule has 6 N–H and O–H groups in total. The number of hydrogen-bond donors (Lipinski definition) is 5. The van der Waals surface area contributed by atoms with E-state index in [2.05, 4.69) is 36.7 Å². The van der Waals surface area contributed by atoms with Crippen LogP contribution in [0.15, 0.2) is 0 Å². The fourth-order valence-corrected chi connectivity index (χ4v) is 9.96. The molecule has 4 aliphatic carbocycles. The van der Waals surface area contributed by atoms with Crippen LogP contribution in [0.25, 0.3) is 0 Å². The van der Waals surface area contributed by atoms with Crippen molar-refractivity contribution in [2.75, 3.05) is 40.0 Å². The maximum atomic E-state index is 11.8. The molecular weight excluding hydrogens is 476 g/mol. The van der Waals surface area contributed by atoms with Gasteiger partial charge in [-0.05, 0) is 124 Å². The average molecular weight is 535 g/mol. The molecule has 0 bridgehead atoms. The predicted octanol–water partition coefficient (Wildman–Crippen LogP) is 3.65. The summed E-state index contributed by atoms with van der Waals surface area (Å²) < 4.78 is 4.91. The molecule has 0 saturated heterocycles. The molecule has 0 heterocycles. The highest BCUT2D eigenvalue weighted by atomic mass is 16.5. The molecule has 0 amide bonds. The van der Waals surface area contributed by atoms with Crippen LogP contribution in [0.2, 0.25) is 0 Å². The summed E-state index contributed by atoms with van der Waals surface area (Å²) in [6, 6.07) is 0.581. The van der Waals surface area contributed by atoms with Crippen LogP contribution in [-0.4, -0.2) is 63.2 Å². The lowest BCUT2D eigenvalue weighted by molar-refractivity contribution is -0.167. The molecule has 4 rings (SSSR count). The third kappa shape index (κ3) is 6.27. The number of aliphatic hydroxyl groups excluding tert-OH is 1.